The van der Waals surface area contributed by atoms with Crippen LogP contribution in [0.25, 0.3) is 0 Å². The third-order valence-electron chi connectivity index (χ3n) is 4.22. The summed E-state index contributed by atoms with van der Waals surface area (Å²) in [6, 6.07) is 13.8. The van der Waals surface area contributed by atoms with E-state index in [1.54, 1.807) is 31.4 Å². The molecule has 26 heavy (non-hydrogen) atoms. The second-order valence-corrected chi connectivity index (χ2v) is 7.22. The van der Waals surface area contributed by atoms with Crippen molar-refractivity contribution in [1.29, 1.82) is 0 Å². The number of carbonyl (C=O) groups is 2. The molecule has 2 aromatic carbocycles. The van der Waals surface area contributed by atoms with Crippen LogP contribution in [0.4, 0.5) is 0 Å². The first-order valence-corrected chi connectivity index (χ1v) is 8.48. The lowest BCUT2D eigenvalue weighted by Gasteiger charge is -2.22. The lowest BCUT2D eigenvalue weighted by molar-refractivity contribution is -0.137. The van der Waals surface area contributed by atoms with E-state index in [9.17, 15) is 14.7 Å². The lowest BCUT2D eigenvalue weighted by atomic mass is 9.86. The number of carboxylic acids is 1. The topological polar surface area (TPSA) is 75.6 Å². The standard InChI is InChI=1S/C21H25NO4/c1-21(2,3)16-9-5-14(6-10-16)18(13-19(23)24)22-20(25)15-7-11-17(26-4)12-8-15/h5-12,18H,13H2,1-4H3,(H,22,25)(H,23,24)/t18-/m0/s1. The van der Waals surface area contributed by atoms with Crippen molar-refractivity contribution in [2.24, 2.45) is 0 Å². The van der Waals surface area contributed by atoms with Crippen molar-refractivity contribution >= 4 is 11.9 Å². The molecular formula is C21H25NO4. The number of benzene rings is 2. The summed E-state index contributed by atoms with van der Waals surface area (Å²) >= 11 is 0. The van der Waals surface area contributed by atoms with Gasteiger partial charge in [0.05, 0.1) is 19.6 Å². The van der Waals surface area contributed by atoms with Gasteiger partial charge in [0.15, 0.2) is 0 Å². The highest BCUT2D eigenvalue weighted by Gasteiger charge is 2.20. The summed E-state index contributed by atoms with van der Waals surface area (Å²) in [5.41, 5.74) is 2.37. The van der Waals surface area contributed by atoms with E-state index >= 15 is 0 Å². The van der Waals surface area contributed by atoms with Gasteiger partial charge in [-0.1, -0.05) is 45.0 Å². The first-order valence-electron chi connectivity index (χ1n) is 8.48. The molecule has 0 aliphatic rings. The van der Waals surface area contributed by atoms with Gasteiger partial charge < -0.3 is 15.2 Å². The minimum Gasteiger partial charge on any atom is -0.497 e. The van der Waals surface area contributed by atoms with E-state index in [0.717, 1.165) is 11.1 Å². The summed E-state index contributed by atoms with van der Waals surface area (Å²) in [4.78, 5) is 23.7. The van der Waals surface area contributed by atoms with Gasteiger partial charge in [0.1, 0.15) is 5.75 Å². The van der Waals surface area contributed by atoms with Gasteiger partial charge in [-0.3, -0.25) is 9.59 Å². The molecule has 0 fully saturated rings. The zero-order valence-corrected chi connectivity index (χ0v) is 15.6. The molecule has 0 radical (unpaired) electrons. The minimum absolute atomic E-state index is 0.00711. The van der Waals surface area contributed by atoms with Crippen molar-refractivity contribution in [2.75, 3.05) is 7.11 Å². The number of carboxylic acid groups (broad SMARTS) is 1. The molecule has 0 saturated carbocycles. The second-order valence-electron chi connectivity index (χ2n) is 7.22. The molecule has 0 aliphatic carbocycles. The van der Waals surface area contributed by atoms with Gasteiger partial charge in [-0.2, -0.15) is 0 Å². The number of amides is 1. The van der Waals surface area contributed by atoms with Crippen LogP contribution >= 0.6 is 0 Å². The van der Waals surface area contributed by atoms with E-state index in [4.69, 9.17) is 4.74 Å². The predicted molar refractivity (Wildman–Crippen MR) is 101 cm³/mol. The number of ether oxygens (including phenoxy) is 1. The zero-order chi connectivity index (χ0) is 19.3. The number of rotatable bonds is 6. The molecule has 0 unspecified atom stereocenters. The summed E-state index contributed by atoms with van der Waals surface area (Å²) in [5, 5.41) is 12.0. The Morgan fingerprint density at radius 2 is 1.62 bits per heavy atom. The normalized spacial score (nSPS) is 12.3. The maximum atomic E-state index is 12.5. The number of nitrogens with one attached hydrogen (secondary N) is 1. The number of hydrogen-bond donors (Lipinski definition) is 2. The summed E-state index contributed by atoms with van der Waals surface area (Å²) in [5.74, 6) is -0.634. The Hall–Kier alpha value is -2.82. The summed E-state index contributed by atoms with van der Waals surface area (Å²) < 4.78 is 5.08. The molecule has 5 heteroatoms. The fourth-order valence-corrected chi connectivity index (χ4v) is 2.63. The molecule has 0 spiro atoms. The minimum atomic E-state index is -0.968. The third-order valence-corrected chi connectivity index (χ3v) is 4.22. The quantitative estimate of drug-likeness (QED) is 0.823. The first-order chi connectivity index (χ1) is 12.2. The predicted octanol–water partition coefficient (Wildman–Crippen LogP) is 3.94. The van der Waals surface area contributed by atoms with Crippen LogP contribution in [0.15, 0.2) is 48.5 Å². The average Bonchev–Trinajstić information content (AvgIpc) is 2.60. The maximum absolute atomic E-state index is 12.5. The first kappa shape index (κ1) is 19.5. The Balaban J connectivity index is 2.21. The molecule has 0 saturated heterocycles. The fourth-order valence-electron chi connectivity index (χ4n) is 2.63. The summed E-state index contributed by atoms with van der Waals surface area (Å²) in [6.07, 6.45) is -0.184. The molecule has 2 N–H and O–H groups in total. The third kappa shape index (κ3) is 5.09. The molecule has 0 bridgehead atoms. The van der Waals surface area contributed by atoms with Crippen molar-refractivity contribution in [1.82, 2.24) is 5.32 Å². The highest BCUT2D eigenvalue weighted by atomic mass is 16.5. The monoisotopic (exact) mass is 355 g/mol. The van der Waals surface area contributed by atoms with Gasteiger partial charge in [0.25, 0.3) is 5.91 Å². The summed E-state index contributed by atoms with van der Waals surface area (Å²) in [6.45, 7) is 6.34. The average molecular weight is 355 g/mol. The number of aliphatic carboxylic acids is 1. The van der Waals surface area contributed by atoms with Crippen molar-refractivity contribution in [3.8, 4) is 5.75 Å². The van der Waals surface area contributed by atoms with Crippen molar-refractivity contribution in [3.63, 3.8) is 0 Å². The van der Waals surface area contributed by atoms with E-state index in [0.29, 0.717) is 11.3 Å². The fraction of sp³-hybridized carbons (Fsp3) is 0.333. The van der Waals surface area contributed by atoms with Crippen LogP contribution in [0, 0.1) is 0 Å². The van der Waals surface area contributed by atoms with Gasteiger partial charge in [0, 0.05) is 5.56 Å². The molecule has 138 valence electrons. The van der Waals surface area contributed by atoms with Crippen LogP contribution in [0.5, 0.6) is 5.75 Å². The van der Waals surface area contributed by atoms with E-state index in [1.807, 2.05) is 24.3 Å². The number of hydrogen-bond acceptors (Lipinski definition) is 3. The molecule has 1 atom stereocenters. The Morgan fingerprint density at radius 3 is 2.08 bits per heavy atom. The highest BCUT2D eigenvalue weighted by molar-refractivity contribution is 5.94. The van der Waals surface area contributed by atoms with Crippen molar-refractivity contribution in [2.45, 2.75) is 38.6 Å². The van der Waals surface area contributed by atoms with E-state index in [-0.39, 0.29) is 17.7 Å². The molecule has 1 amide bonds. The zero-order valence-electron chi connectivity index (χ0n) is 15.6. The molecule has 2 aromatic rings. The van der Waals surface area contributed by atoms with Gasteiger partial charge in [-0.05, 0) is 40.8 Å². The van der Waals surface area contributed by atoms with Gasteiger partial charge in [0.2, 0.25) is 0 Å². The molecule has 0 aromatic heterocycles. The second kappa shape index (κ2) is 8.04. The molecular weight excluding hydrogens is 330 g/mol. The largest absolute Gasteiger partial charge is 0.497 e. The SMILES string of the molecule is COc1ccc(C(=O)N[C@@H](CC(=O)O)c2ccc(C(C)(C)C)cc2)cc1. The van der Waals surface area contributed by atoms with E-state index in [1.165, 1.54) is 0 Å². The van der Waals surface area contributed by atoms with E-state index < -0.39 is 12.0 Å². The van der Waals surface area contributed by atoms with Crippen molar-refractivity contribution in [3.05, 3.63) is 65.2 Å². The van der Waals surface area contributed by atoms with Crippen LogP contribution in [0.2, 0.25) is 0 Å². The van der Waals surface area contributed by atoms with Crippen LogP contribution in [-0.4, -0.2) is 24.1 Å². The smallest absolute Gasteiger partial charge is 0.305 e. The molecule has 2 rings (SSSR count). The molecule has 0 aliphatic heterocycles. The van der Waals surface area contributed by atoms with Crippen molar-refractivity contribution < 1.29 is 19.4 Å². The Labute approximate surface area is 154 Å². The van der Waals surface area contributed by atoms with Crippen LogP contribution in [0.3, 0.4) is 0 Å². The van der Waals surface area contributed by atoms with Crippen LogP contribution in [0.1, 0.15) is 54.7 Å². The molecule has 0 heterocycles. The Bertz CT molecular complexity index is 758. The number of methoxy groups -OCH3 is 1. The highest BCUT2D eigenvalue weighted by Crippen LogP contribution is 2.25. The maximum Gasteiger partial charge on any atom is 0.305 e. The van der Waals surface area contributed by atoms with Gasteiger partial charge in [-0.15, -0.1) is 0 Å². The summed E-state index contributed by atoms with van der Waals surface area (Å²) in [7, 11) is 1.55. The van der Waals surface area contributed by atoms with Gasteiger partial charge >= 0.3 is 5.97 Å². The number of carbonyl (C=O) groups excluding carboxylic acids is 1. The van der Waals surface area contributed by atoms with E-state index in [2.05, 4.69) is 26.1 Å². The lowest BCUT2D eigenvalue weighted by Crippen LogP contribution is -2.30. The Morgan fingerprint density at radius 1 is 1.04 bits per heavy atom. The van der Waals surface area contributed by atoms with Crippen LogP contribution in [-0.2, 0) is 10.2 Å². The van der Waals surface area contributed by atoms with Gasteiger partial charge in [-0.25, -0.2) is 0 Å². The molecule has 5 nitrogen and oxygen atoms in total. The Kier molecular flexibility index (Phi) is 6.03. The van der Waals surface area contributed by atoms with Crippen LogP contribution < -0.4 is 10.1 Å².